The monoisotopic (exact) mass is 511 g/mol. The predicted octanol–water partition coefficient (Wildman–Crippen LogP) is 6.91. The molecule has 5 heterocycles. The normalized spacial score (nSPS) is 13.5. The zero-order valence-electron chi connectivity index (χ0n) is 19.3. The van der Waals surface area contributed by atoms with Gasteiger partial charge in [0.2, 0.25) is 0 Å². The third-order valence-corrected chi connectivity index (χ3v) is 7.41. The van der Waals surface area contributed by atoms with Crippen LogP contribution in [0.25, 0.3) is 55.2 Å². The van der Waals surface area contributed by atoms with Crippen molar-refractivity contribution in [2.45, 2.75) is 12.8 Å². The van der Waals surface area contributed by atoms with Crippen LogP contribution in [0.15, 0.2) is 67.3 Å². The number of H-pyrrole nitrogens is 2. The first-order chi connectivity index (χ1) is 18.0. The molecule has 0 aliphatic heterocycles. The maximum absolute atomic E-state index is 16.0. The van der Waals surface area contributed by atoms with Crippen molar-refractivity contribution >= 4 is 39.0 Å². The fourth-order valence-electron chi connectivity index (χ4n) is 4.51. The van der Waals surface area contributed by atoms with Gasteiger partial charge in [-0.15, -0.1) is 11.3 Å². The van der Waals surface area contributed by atoms with E-state index < -0.39 is 5.82 Å². The summed E-state index contributed by atoms with van der Waals surface area (Å²) in [5, 5.41) is 10.5. The highest BCUT2D eigenvalue weighted by Gasteiger charge is 2.25. The molecule has 1 fully saturated rings. The quantitative estimate of drug-likeness (QED) is 0.226. The van der Waals surface area contributed by atoms with Crippen molar-refractivity contribution in [3.8, 4) is 33.2 Å². The lowest BCUT2D eigenvalue weighted by Gasteiger charge is -2.10. The van der Waals surface area contributed by atoms with Crippen molar-refractivity contribution in [1.29, 1.82) is 0 Å². The van der Waals surface area contributed by atoms with Crippen LogP contribution in [0, 0.1) is 16.9 Å². The molecule has 1 aromatic carbocycles. The molecule has 5 aromatic heterocycles. The number of imidazole rings is 1. The van der Waals surface area contributed by atoms with Gasteiger partial charge in [-0.3, -0.25) is 15.1 Å². The first-order valence-corrected chi connectivity index (χ1v) is 12.6. The summed E-state index contributed by atoms with van der Waals surface area (Å²) in [5.41, 5.74) is 5.34. The molecule has 0 unspecified atom stereocenters. The molecular formula is C27H19F2N7S. The van der Waals surface area contributed by atoms with E-state index in [1.54, 1.807) is 24.7 Å². The number of aromatic amines is 2. The summed E-state index contributed by atoms with van der Waals surface area (Å²) in [5.74, 6) is 0.352. The number of thiophene rings is 1. The van der Waals surface area contributed by atoms with Gasteiger partial charge >= 0.3 is 0 Å². The Morgan fingerprint density at radius 1 is 1.05 bits per heavy atom. The average molecular weight is 512 g/mol. The Morgan fingerprint density at radius 3 is 2.76 bits per heavy atom. The van der Waals surface area contributed by atoms with Crippen LogP contribution in [-0.4, -0.2) is 30.1 Å². The molecule has 0 spiro atoms. The van der Waals surface area contributed by atoms with E-state index in [1.807, 2.05) is 24.3 Å². The van der Waals surface area contributed by atoms with Gasteiger partial charge in [0, 0.05) is 27.9 Å². The molecule has 1 aliphatic carbocycles. The predicted molar refractivity (Wildman–Crippen MR) is 141 cm³/mol. The molecule has 10 heteroatoms. The van der Waals surface area contributed by atoms with Crippen LogP contribution in [0.2, 0.25) is 0 Å². The van der Waals surface area contributed by atoms with Crippen LogP contribution in [0.4, 0.5) is 14.5 Å². The van der Waals surface area contributed by atoms with Gasteiger partial charge in [0.05, 0.1) is 40.0 Å². The van der Waals surface area contributed by atoms with E-state index in [1.165, 1.54) is 6.07 Å². The Hall–Kier alpha value is -4.44. The van der Waals surface area contributed by atoms with E-state index in [0.29, 0.717) is 34.0 Å². The largest absolute Gasteiger partial charge is 0.358 e. The van der Waals surface area contributed by atoms with Crippen molar-refractivity contribution in [2.24, 2.45) is 5.92 Å². The molecule has 37 heavy (non-hydrogen) atoms. The minimum Gasteiger partial charge on any atom is -0.358 e. The van der Waals surface area contributed by atoms with Gasteiger partial charge in [0.1, 0.15) is 11.4 Å². The van der Waals surface area contributed by atoms with Crippen LogP contribution < -0.4 is 5.32 Å². The molecule has 0 radical (unpaired) electrons. The van der Waals surface area contributed by atoms with Crippen molar-refractivity contribution < 1.29 is 8.78 Å². The second kappa shape index (κ2) is 8.31. The van der Waals surface area contributed by atoms with Gasteiger partial charge in [-0.1, -0.05) is 18.7 Å². The van der Waals surface area contributed by atoms with Gasteiger partial charge < -0.3 is 10.3 Å². The van der Waals surface area contributed by atoms with E-state index >= 15 is 4.39 Å². The number of benzene rings is 1. The number of halogens is 2. The highest BCUT2D eigenvalue weighted by atomic mass is 32.1. The van der Waals surface area contributed by atoms with Gasteiger partial charge in [-0.25, -0.2) is 9.37 Å². The molecule has 7 rings (SSSR count). The minimum atomic E-state index is -0.526. The van der Waals surface area contributed by atoms with E-state index in [2.05, 4.69) is 37.0 Å². The van der Waals surface area contributed by atoms with Crippen LogP contribution in [0.1, 0.15) is 12.8 Å². The fraction of sp³-hybridized carbons (Fsp3) is 0.111. The van der Waals surface area contributed by atoms with Gasteiger partial charge in [-0.05, 0) is 43.0 Å². The highest BCUT2D eigenvalue weighted by Crippen LogP contribution is 2.38. The second-order valence-corrected chi connectivity index (χ2v) is 10.1. The standard InChI is InChI=1S/C27H19F2N7S/c1-13(14-5-6-14)32-16-9-15(10-30-11-16)24-23(29)22-19(12-31-24)35-36-26(22)27-33-18-4-2-3-17(25(18)34-27)20-7-8-21(28)37-20/h2-4,7-12,14,32H,1,5-6H2,(H,33,34)(H,35,36). The Kier molecular flexibility index (Phi) is 4.90. The van der Waals surface area contributed by atoms with E-state index in [4.69, 9.17) is 4.98 Å². The Morgan fingerprint density at radius 2 is 1.95 bits per heavy atom. The number of allylic oxidation sites excluding steroid dienone is 1. The molecule has 1 aliphatic rings. The van der Waals surface area contributed by atoms with Crippen LogP contribution >= 0.6 is 11.3 Å². The van der Waals surface area contributed by atoms with Crippen molar-refractivity contribution in [1.82, 2.24) is 30.1 Å². The summed E-state index contributed by atoms with van der Waals surface area (Å²) in [6.45, 7) is 4.09. The molecule has 0 saturated heterocycles. The second-order valence-electron chi connectivity index (χ2n) is 9.06. The topological polar surface area (TPSA) is 95.2 Å². The van der Waals surface area contributed by atoms with Crippen LogP contribution in [0.5, 0.6) is 0 Å². The number of aromatic nitrogens is 6. The number of para-hydroxylation sites is 1. The number of fused-ring (bicyclic) bond motifs is 2. The molecule has 182 valence electrons. The Bertz CT molecular complexity index is 1830. The first kappa shape index (κ1) is 21.8. The Balaban J connectivity index is 1.32. The summed E-state index contributed by atoms with van der Waals surface area (Å²) < 4.78 is 29.7. The van der Waals surface area contributed by atoms with Crippen molar-refractivity contribution in [2.75, 3.05) is 5.32 Å². The summed E-state index contributed by atoms with van der Waals surface area (Å²) in [4.78, 5) is 17.4. The summed E-state index contributed by atoms with van der Waals surface area (Å²) in [6, 6.07) is 10.6. The van der Waals surface area contributed by atoms with Crippen LogP contribution in [-0.2, 0) is 0 Å². The lowest BCUT2D eigenvalue weighted by atomic mass is 10.1. The minimum absolute atomic E-state index is 0.161. The van der Waals surface area contributed by atoms with Crippen molar-refractivity contribution in [3.63, 3.8) is 0 Å². The molecule has 1 saturated carbocycles. The molecule has 3 N–H and O–H groups in total. The third kappa shape index (κ3) is 3.77. The smallest absolute Gasteiger partial charge is 0.176 e. The molecular weight excluding hydrogens is 492 g/mol. The molecule has 0 amide bonds. The highest BCUT2D eigenvalue weighted by molar-refractivity contribution is 7.14. The number of rotatable bonds is 6. The van der Waals surface area contributed by atoms with Crippen molar-refractivity contribution in [3.05, 3.63) is 78.2 Å². The van der Waals surface area contributed by atoms with Gasteiger partial charge in [0.25, 0.3) is 0 Å². The molecule has 7 nitrogen and oxygen atoms in total. The van der Waals surface area contributed by atoms with Crippen LogP contribution in [0.3, 0.4) is 0 Å². The Labute approximate surface area is 213 Å². The first-order valence-electron chi connectivity index (χ1n) is 11.7. The van der Waals surface area contributed by atoms with E-state index in [9.17, 15) is 4.39 Å². The zero-order chi connectivity index (χ0) is 25.1. The lowest BCUT2D eigenvalue weighted by molar-refractivity contribution is 0.638. The molecule has 0 atom stereocenters. The maximum atomic E-state index is 16.0. The summed E-state index contributed by atoms with van der Waals surface area (Å²) >= 11 is 1.05. The van der Waals surface area contributed by atoms with Gasteiger partial charge in [-0.2, -0.15) is 9.49 Å². The van der Waals surface area contributed by atoms with E-state index in [0.717, 1.165) is 51.5 Å². The maximum Gasteiger partial charge on any atom is 0.176 e. The number of pyridine rings is 2. The molecule has 0 bridgehead atoms. The lowest BCUT2D eigenvalue weighted by Crippen LogP contribution is -2.01. The van der Waals surface area contributed by atoms with E-state index in [-0.39, 0.29) is 16.2 Å². The number of hydrogen-bond donors (Lipinski definition) is 3. The summed E-state index contributed by atoms with van der Waals surface area (Å²) in [6.07, 6.45) is 7.07. The number of hydrogen-bond acceptors (Lipinski definition) is 6. The van der Waals surface area contributed by atoms with Gasteiger partial charge in [0.15, 0.2) is 16.8 Å². The fourth-order valence-corrected chi connectivity index (χ4v) is 5.26. The number of nitrogens with one attached hydrogen (secondary N) is 3. The number of anilines is 1. The summed E-state index contributed by atoms with van der Waals surface area (Å²) in [7, 11) is 0. The molecule has 6 aromatic rings. The number of nitrogens with zero attached hydrogens (tertiary/aromatic N) is 4. The average Bonchev–Trinajstić information content (AvgIpc) is 3.29. The SMILES string of the molecule is C=C(Nc1cncc(-c2ncc3[nH]nc(-c4nc5c(-c6ccc(F)s6)cccc5[nH]4)c3c2F)c1)C1CC1. The third-order valence-electron chi connectivity index (χ3n) is 6.51. The zero-order valence-corrected chi connectivity index (χ0v) is 20.2.